The van der Waals surface area contributed by atoms with Gasteiger partial charge in [0.2, 0.25) is 0 Å². The van der Waals surface area contributed by atoms with Crippen molar-refractivity contribution in [1.82, 2.24) is 5.32 Å². The van der Waals surface area contributed by atoms with Crippen LogP contribution in [0.5, 0.6) is 0 Å². The second-order valence-electron chi connectivity index (χ2n) is 6.57. The minimum Gasteiger partial charge on any atom is -0.444 e. The molecule has 9 heteroatoms. The number of anilines is 1. The van der Waals surface area contributed by atoms with Crippen LogP contribution >= 0.6 is 0 Å². The van der Waals surface area contributed by atoms with Gasteiger partial charge in [0.25, 0.3) is 5.69 Å². The van der Waals surface area contributed by atoms with E-state index in [2.05, 4.69) is 10.6 Å². The summed E-state index contributed by atoms with van der Waals surface area (Å²) in [6, 6.07) is 5.90. The monoisotopic (exact) mass is 352 g/mol. The lowest BCUT2D eigenvalue weighted by atomic mass is 10.1. The molecule has 0 radical (unpaired) electrons. The van der Waals surface area contributed by atoms with Gasteiger partial charge in [0, 0.05) is 19.2 Å². The third kappa shape index (κ3) is 6.74. The predicted molar refractivity (Wildman–Crippen MR) is 94.3 cm³/mol. The van der Waals surface area contributed by atoms with E-state index >= 15 is 0 Å². The normalized spacial score (nSPS) is 12.2. The summed E-state index contributed by atoms with van der Waals surface area (Å²) in [5.41, 5.74) is -0.678. The van der Waals surface area contributed by atoms with Crippen LogP contribution in [0.15, 0.2) is 29.6 Å². The minimum absolute atomic E-state index is 0.123. The molecule has 0 bridgehead atoms. The molecule has 1 aromatic carbocycles. The van der Waals surface area contributed by atoms with Gasteiger partial charge in [0.1, 0.15) is 11.3 Å². The zero-order valence-electron chi connectivity index (χ0n) is 14.9. The summed E-state index contributed by atoms with van der Waals surface area (Å²) in [6.07, 6.45) is 0.0878. The molecule has 0 saturated carbocycles. The number of hydrogen-bond donors (Lipinski definition) is 1. The largest absolute Gasteiger partial charge is 0.444 e. The lowest BCUT2D eigenvalue weighted by Gasteiger charge is -2.23. The molecule has 0 spiro atoms. The number of nitroso groups, excluding NO2 is 1. The second kappa shape index (κ2) is 8.95. The number of nitrogens with zero attached hydrogens (tertiary/aromatic N) is 3. The van der Waals surface area contributed by atoms with Crippen molar-refractivity contribution in [2.75, 3.05) is 18.1 Å². The Morgan fingerprint density at radius 1 is 1.40 bits per heavy atom. The SMILES string of the molecule is CCC(CNC(=O)OC(C)(C)C)CN(N=O)c1ccccc1[N+](=O)[O-]. The number of benzene rings is 1. The number of nitro benzene ring substituents is 1. The standard InChI is InChI=1S/C16H24N4O5/c1-5-12(10-17-15(21)25-16(2,3)4)11-19(18-22)13-8-6-7-9-14(13)20(23)24/h6-9,12H,5,10-11H2,1-4H3,(H,17,21). The van der Waals surface area contributed by atoms with Crippen molar-refractivity contribution in [3.63, 3.8) is 0 Å². The molecule has 0 fully saturated rings. The fourth-order valence-corrected chi connectivity index (χ4v) is 2.14. The number of para-hydroxylation sites is 2. The van der Waals surface area contributed by atoms with E-state index in [4.69, 9.17) is 4.74 Å². The van der Waals surface area contributed by atoms with Crippen molar-refractivity contribution in [2.45, 2.75) is 39.7 Å². The first-order valence-electron chi connectivity index (χ1n) is 7.99. The van der Waals surface area contributed by atoms with E-state index < -0.39 is 16.6 Å². The van der Waals surface area contributed by atoms with Crippen LogP contribution in [0.4, 0.5) is 16.2 Å². The summed E-state index contributed by atoms with van der Waals surface area (Å²) in [4.78, 5) is 33.5. The van der Waals surface area contributed by atoms with E-state index in [-0.39, 0.29) is 30.4 Å². The molecule has 0 heterocycles. The minimum atomic E-state index is -0.604. The summed E-state index contributed by atoms with van der Waals surface area (Å²) in [5, 5.41) is 17.7. The van der Waals surface area contributed by atoms with Crippen molar-refractivity contribution in [3.8, 4) is 0 Å². The molecule has 1 rings (SSSR count). The molecule has 0 aliphatic rings. The highest BCUT2D eigenvalue weighted by atomic mass is 16.6. The van der Waals surface area contributed by atoms with E-state index in [0.29, 0.717) is 6.42 Å². The van der Waals surface area contributed by atoms with Crippen molar-refractivity contribution >= 4 is 17.5 Å². The molecule has 1 atom stereocenters. The fraction of sp³-hybridized carbons (Fsp3) is 0.562. The predicted octanol–water partition coefficient (Wildman–Crippen LogP) is 3.63. The van der Waals surface area contributed by atoms with Gasteiger partial charge in [-0.3, -0.25) is 10.1 Å². The van der Waals surface area contributed by atoms with Gasteiger partial charge in [-0.25, -0.2) is 9.80 Å². The number of alkyl carbamates (subject to hydrolysis) is 1. The van der Waals surface area contributed by atoms with Crippen LogP contribution in [0.25, 0.3) is 0 Å². The van der Waals surface area contributed by atoms with Crippen LogP contribution in [0.2, 0.25) is 0 Å². The number of amides is 1. The maximum atomic E-state index is 11.7. The van der Waals surface area contributed by atoms with Gasteiger partial charge in [-0.1, -0.05) is 19.1 Å². The molecule has 0 aliphatic carbocycles. The average Bonchev–Trinajstić information content (AvgIpc) is 2.53. The Balaban J connectivity index is 2.77. The van der Waals surface area contributed by atoms with Gasteiger partial charge in [-0.2, -0.15) is 0 Å². The molecule has 1 unspecified atom stereocenters. The van der Waals surface area contributed by atoms with Gasteiger partial charge in [0.15, 0.2) is 0 Å². The first-order chi connectivity index (χ1) is 11.7. The quantitative estimate of drug-likeness (QED) is 0.434. The highest BCUT2D eigenvalue weighted by Crippen LogP contribution is 2.28. The van der Waals surface area contributed by atoms with Crippen LogP contribution in [0, 0.1) is 20.9 Å². The third-order valence-corrected chi connectivity index (χ3v) is 3.40. The summed E-state index contributed by atoms with van der Waals surface area (Å²) >= 11 is 0. The Bertz CT molecular complexity index is 615. The smallest absolute Gasteiger partial charge is 0.407 e. The number of nitro groups is 1. The van der Waals surface area contributed by atoms with Gasteiger partial charge >= 0.3 is 6.09 Å². The van der Waals surface area contributed by atoms with Gasteiger partial charge in [-0.15, -0.1) is 4.91 Å². The van der Waals surface area contributed by atoms with E-state index in [1.807, 2.05) is 6.92 Å². The highest BCUT2D eigenvalue weighted by molar-refractivity contribution is 5.67. The maximum absolute atomic E-state index is 11.7. The summed E-state index contributed by atoms with van der Waals surface area (Å²) in [7, 11) is 0. The fourth-order valence-electron chi connectivity index (χ4n) is 2.14. The molecule has 138 valence electrons. The lowest BCUT2D eigenvalue weighted by molar-refractivity contribution is -0.384. The molecule has 25 heavy (non-hydrogen) atoms. The number of rotatable bonds is 8. The molecule has 9 nitrogen and oxygen atoms in total. The van der Waals surface area contributed by atoms with Crippen LogP contribution < -0.4 is 10.3 Å². The lowest BCUT2D eigenvalue weighted by Crippen LogP contribution is -2.38. The van der Waals surface area contributed by atoms with E-state index in [1.54, 1.807) is 26.8 Å². The van der Waals surface area contributed by atoms with Crippen LogP contribution in [-0.4, -0.2) is 29.7 Å². The van der Waals surface area contributed by atoms with Gasteiger partial charge < -0.3 is 10.1 Å². The number of hydrogen-bond acceptors (Lipinski definition) is 6. The van der Waals surface area contributed by atoms with Crippen molar-refractivity contribution in [2.24, 2.45) is 11.2 Å². The Hall–Kier alpha value is -2.71. The van der Waals surface area contributed by atoms with Crippen LogP contribution in [0.1, 0.15) is 34.1 Å². The van der Waals surface area contributed by atoms with Crippen molar-refractivity contribution in [1.29, 1.82) is 0 Å². The first kappa shape index (κ1) is 20.3. The number of nitrogens with one attached hydrogen (secondary N) is 1. The molecule has 0 aromatic heterocycles. The summed E-state index contributed by atoms with van der Waals surface area (Å²) in [6.45, 7) is 7.58. The highest BCUT2D eigenvalue weighted by Gasteiger charge is 2.23. The van der Waals surface area contributed by atoms with Crippen molar-refractivity contribution in [3.05, 3.63) is 39.3 Å². The second-order valence-corrected chi connectivity index (χ2v) is 6.57. The zero-order valence-corrected chi connectivity index (χ0v) is 14.9. The van der Waals surface area contributed by atoms with E-state index in [1.165, 1.54) is 18.2 Å². The Kier molecular flexibility index (Phi) is 7.28. The Labute approximate surface area is 146 Å². The first-order valence-corrected chi connectivity index (χ1v) is 7.99. The Morgan fingerprint density at radius 2 is 2.04 bits per heavy atom. The third-order valence-electron chi connectivity index (χ3n) is 3.40. The average molecular weight is 352 g/mol. The molecular formula is C16H24N4O5. The van der Waals surface area contributed by atoms with Gasteiger partial charge in [0.05, 0.1) is 10.2 Å². The topological polar surface area (TPSA) is 114 Å². The van der Waals surface area contributed by atoms with Crippen LogP contribution in [0.3, 0.4) is 0 Å². The Morgan fingerprint density at radius 3 is 2.56 bits per heavy atom. The van der Waals surface area contributed by atoms with Crippen LogP contribution in [-0.2, 0) is 4.74 Å². The number of ether oxygens (including phenoxy) is 1. The molecule has 1 N–H and O–H groups in total. The zero-order chi connectivity index (χ0) is 19.0. The molecule has 0 aliphatic heterocycles. The molecule has 0 saturated heterocycles. The molecular weight excluding hydrogens is 328 g/mol. The summed E-state index contributed by atoms with van der Waals surface area (Å²) in [5.74, 6) is -0.134. The van der Waals surface area contributed by atoms with E-state index in [0.717, 1.165) is 5.01 Å². The number of carbonyl (C=O) groups is 1. The molecule has 1 aromatic rings. The van der Waals surface area contributed by atoms with Crippen molar-refractivity contribution < 1.29 is 14.5 Å². The van der Waals surface area contributed by atoms with Gasteiger partial charge in [-0.05, 0) is 39.2 Å². The molecule has 1 amide bonds. The maximum Gasteiger partial charge on any atom is 0.407 e. The summed E-state index contributed by atoms with van der Waals surface area (Å²) < 4.78 is 5.16. The van der Waals surface area contributed by atoms with E-state index in [9.17, 15) is 19.8 Å². The number of carbonyl (C=O) groups excluding carboxylic acids is 1.